The van der Waals surface area contributed by atoms with Crippen LogP contribution in [0.25, 0.3) is 0 Å². The summed E-state index contributed by atoms with van der Waals surface area (Å²) in [5.74, 6) is 2.11. The largest absolute Gasteiger partial charge is 0.508 e. The summed E-state index contributed by atoms with van der Waals surface area (Å²) in [5.41, 5.74) is 2.75. The van der Waals surface area contributed by atoms with Crippen molar-refractivity contribution in [1.82, 2.24) is 0 Å². The van der Waals surface area contributed by atoms with Gasteiger partial charge in [0.1, 0.15) is 11.5 Å². The molecule has 0 unspecified atom stereocenters. The van der Waals surface area contributed by atoms with E-state index in [4.69, 9.17) is 5.11 Å². The number of carbonyl (C=O) groups excluding carboxylic acids is 1. The molecular weight excluding hydrogens is 364 g/mol. The van der Waals surface area contributed by atoms with E-state index in [9.17, 15) is 14.7 Å². The molecule has 1 aromatic rings. The van der Waals surface area contributed by atoms with Crippen molar-refractivity contribution in [2.75, 3.05) is 0 Å². The number of unbranched alkanes of at least 4 members (excludes halogenated alkanes) is 3. The monoisotopic (exact) mass is 400 g/mol. The maximum Gasteiger partial charge on any atom is 0.303 e. The van der Waals surface area contributed by atoms with Gasteiger partial charge in [0.2, 0.25) is 0 Å². The molecule has 0 amide bonds. The van der Waals surface area contributed by atoms with Crippen LogP contribution in [-0.4, -0.2) is 22.0 Å². The number of aryl methyl sites for hydroxylation is 1. The third kappa shape index (κ3) is 4.67. The lowest BCUT2D eigenvalue weighted by Gasteiger charge is -2.48. The number of aliphatic carboxylic acids is 1. The second kappa shape index (κ2) is 9.32. The molecule has 0 bridgehead atoms. The molecule has 160 valence electrons. The lowest BCUT2D eigenvalue weighted by Crippen LogP contribution is -2.42. The van der Waals surface area contributed by atoms with Crippen molar-refractivity contribution in [3.8, 4) is 5.75 Å². The molecule has 4 rings (SSSR count). The Morgan fingerprint density at radius 2 is 1.93 bits per heavy atom. The van der Waals surface area contributed by atoms with Gasteiger partial charge in [-0.25, -0.2) is 0 Å². The van der Waals surface area contributed by atoms with E-state index in [2.05, 4.69) is 19.9 Å². The van der Waals surface area contributed by atoms with Gasteiger partial charge in [-0.2, -0.15) is 0 Å². The Labute approximate surface area is 174 Å². The van der Waals surface area contributed by atoms with Crippen LogP contribution in [0.1, 0.15) is 95.1 Å². The summed E-state index contributed by atoms with van der Waals surface area (Å²) in [7, 11) is 0. The van der Waals surface area contributed by atoms with E-state index in [1.807, 2.05) is 12.1 Å². The third-order valence-electron chi connectivity index (χ3n) is 7.66. The zero-order valence-corrected chi connectivity index (χ0v) is 18.0. The summed E-state index contributed by atoms with van der Waals surface area (Å²) >= 11 is 0. The van der Waals surface area contributed by atoms with Gasteiger partial charge in [-0.1, -0.05) is 39.2 Å². The van der Waals surface area contributed by atoms with Gasteiger partial charge in [0.15, 0.2) is 0 Å². The number of aromatic hydroxyl groups is 1. The first kappa shape index (κ1) is 21.9. The molecule has 2 saturated carbocycles. The van der Waals surface area contributed by atoms with Crippen molar-refractivity contribution in [2.45, 2.75) is 90.4 Å². The number of benzene rings is 1. The van der Waals surface area contributed by atoms with Crippen LogP contribution >= 0.6 is 0 Å². The Kier molecular flexibility index (Phi) is 7.02. The van der Waals surface area contributed by atoms with Gasteiger partial charge >= 0.3 is 5.97 Å². The minimum atomic E-state index is -0.675. The molecule has 4 atom stereocenters. The molecule has 0 radical (unpaired) electrons. The number of hydrogen-bond acceptors (Lipinski definition) is 3. The first-order valence-corrected chi connectivity index (χ1v) is 11.4. The molecule has 0 saturated heterocycles. The van der Waals surface area contributed by atoms with Gasteiger partial charge in [0, 0.05) is 18.3 Å². The number of rotatable bonds is 5. The van der Waals surface area contributed by atoms with Crippen molar-refractivity contribution in [1.29, 1.82) is 0 Å². The van der Waals surface area contributed by atoms with Crippen LogP contribution in [0, 0.1) is 17.3 Å². The number of ketones is 1. The van der Waals surface area contributed by atoms with Crippen molar-refractivity contribution < 1.29 is 19.8 Å². The van der Waals surface area contributed by atoms with Gasteiger partial charge in [0.05, 0.1) is 0 Å². The fraction of sp³-hybridized carbons (Fsp3) is 0.680. The molecule has 1 aromatic carbocycles. The highest BCUT2D eigenvalue weighted by molar-refractivity contribution is 5.87. The summed E-state index contributed by atoms with van der Waals surface area (Å²) in [6.45, 7) is 4.33. The number of Topliss-reactive ketones (excluding diaryl/α,β-unsaturated/α-hetero) is 1. The second-order valence-electron chi connectivity index (χ2n) is 9.42. The molecule has 3 aliphatic rings. The molecule has 2 fully saturated rings. The number of phenolic OH excluding ortho intramolecular Hbond substituents is 1. The predicted octanol–water partition coefficient (Wildman–Crippen LogP) is 5.86. The number of carboxylic acids is 1. The van der Waals surface area contributed by atoms with Crippen LogP contribution in [-0.2, 0) is 16.0 Å². The lowest BCUT2D eigenvalue weighted by atomic mass is 9.55. The van der Waals surface area contributed by atoms with E-state index in [0.29, 0.717) is 35.7 Å². The Hall–Kier alpha value is -1.84. The SMILES string of the molecule is CCCCCCC(=O)O.C[C@]12CC[C@@H]3c4ccc(O)cc4CC[C@H]3[C@@H]1CCC2=O. The van der Waals surface area contributed by atoms with E-state index in [1.165, 1.54) is 24.0 Å². The van der Waals surface area contributed by atoms with Crippen molar-refractivity contribution in [2.24, 2.45) is 17.3 Å². The lowest BCUT2D eigenvalue weighted by molar-refractivity contribution is -0.137. The fourth-order valence-corrected chi connectivity index (χ4v) is 6.04. The molecule has 0 aromatic heterocycles. The van der Waals surface area contributed by atoms with E-state index >= 15 is 0 Å². The van der Waals surface area contributed by atoms with Crippen LogP contribution in [0.2, 0.25) is 0 Å². The average molecular weight is 401 g/mol. The van der Waals surface area contributed by atoms with E-state index in [1.54, 1.807) is 0 Å². The first-order valence-electron chi connectivity index (χ1n) is 11.4. The summed E-state index contributed by atoms with van der Waals surface area (Å²) in [5, 5.41) is 17.9. The molecule has 3 aliphatic carbocycles. The van der Waals surface area contributed by atoms with Gasteiger partial charge in [-0.3, -0.25) is 9.59 Å². The van der Waals surface area contributed by atoms with E-state index < -0.39 is 5.97 Å². The van der Waals surface area contributed by atoms with Crippen molar-refractivity contribution >= 4 is 11.8 Å². The minimum Gasteiger partial charge on any atom is -0.508 e. The highest BCUT2D eigenvalue weighted by Gasteiger charge is 2.54. The molecular formula is C25H36O4. The zero-order valence-electron chi connectivity index (χ0n) is 18.0. The summed E-state index contributed by atoms with van der Waals surface area (Å²) < 4.78 is 0. The topological polar surface area (TPSA) is 74.6 Å². The maximum absolute atomic E-state index is 12.3. The Bertz CT molecular complexity index is 740. The van der Waals surface area contributed by atoms with Crippen molar-refractivity contribution in [3.63, 3.8) is 0 Å². The van der Waals surface area contributed by atoms with Crippen molar-refractivity contribution in [3.05, 3.63) is 29.3 Å². The van der Waals surface area contributed by atoms with Gasteiger partial charge in [-0.15, -0.1) is 0 Å². The van der Waals surface area contributed by atoms with E-state index in [0.717, 1.165) is 51.4 Å². The molecule has 4 nitrogen and oxygen atoms in total. The molecule has 0 spiro atoms. The van der Waals surface area contributed by atoms with Gasteiger partial charge < -0.3 is 10.2 Å². The predicted molar refractivity (Wildman–Crippen MR) is 114 cm³/mol. The molecule has 29 heavy (non-hydrogen) atoms. The standard InChI is InChI=1S/C18H22O2.C7H14O2/c1-18-9-8-14-13-5-3-12(19)10-11(13)2-4-15(14)16(18)6-7-17(18)20;1-2-3-4-5-6-7(8)9/h3,5,10,14-16,19H,2,4,6-9H2,1H3;2-6H2,1H3,(H,8,9)/t14-,15-,16+,18+;/m1./s1. The number of carbonyl (C=O) groups is 2. The number of carboxylic acid groups (broad SMARTS) is 1. The zero-order chi connectivity index (χ0) is 21.0. The van der Waals surface area contributed by atoms with Crippen LogP contribution in [0.5, 0.6) is 5.75 Å². The van der Waals surface area contributed by atoms with Crippen LogP contribution in [0.3, 0.4) is 0 Å². The van der Waals surface area contributed by atoms with E-state index in [-0.39, 0.29) is 5.41 Å². The normalized spacial score (nSPS) is 29.9. The number of fused-ring (bicyclic) bond motifs is 5. The molecule has 0 aliphatic heterocycles. The van der Waals surface area contributed by atoms with Gasteiger partial charge in [-0.05, 0) is 79.5 Å². The molecule has 0 heterocycles. The average Bonchev–Trinajstić information content (AvgIpc) is 3.00. The first-order chi connectivity index (χ1) is 13.9. The quantitative estimate of drug-likeness (QED) is 0.607. The molecule has 4 heteroatoms. The smallest absolute Gasteiger partial charge is 0.303 e. The van der Waals surface area contributed by atoms with Crippen LogP contribution in [0.15, 0.2) is 18.2 Å². The highest BCUT2D eigenvalue weighted by atomic mass is 16.4. The Morgan fingerprint density at radius 3 is 2.66 bits per heavy atom. The summed E-state index contributed by atoms with van der Waals surface area (Å²) in [6.07, 6.45) is 10.9. The summed E-state index contributed by atoms with van der Waals surface area (Å²) in [6, 6.07) is 5.90. The van der Waals surface area contributed by atoms with Gasteiger partial charge in [0.25, 0.3) is 0 Å². The van der Waals surface area contributed by atoms with Crippen LogP contribution in [0.4, 0.5) is 0 Å². The fourth-order valence-electron chi connectivity index (χ4n) is 6.04. The highest BCUT2D eigenvalue weighted by Crippen LogP contribution is 2.59. The third-order valence-corrected chi connectivity index (χ3v) is 7.66. The summed E-state index contributed by atoms with van der Waals surface area (Å²) in [4.78, 5) is 22.2. The maximum atomic E-state index is 12.3. The Balaban J connectivity index is 0.000000229. The number of hydrogen-bond donors (Lipinski definition) is 2. The number of phenols is 1. The molecule has 2 N–H and O–H groups in total. The second-order valence-corrected chi connectivity index (χ2v) is 9.42. The van der Waals surface area contributed by atoms with Crippen LogP contribution < -0.4 is 0 Å². The minimum absolute atomic E-state index is 0.0322. The Morgan fingerprint density at radius 1 is 1.14 bits per heavy atom.